The third-order valence-electron chi connectivity index (χ3n) is 2.84. The maximum absolute atomic E-state index is 11.3. The number of rotatable bonds is 2. The molecule has 5 heteroatoms. The van der Waals surface area contributed by atoms with E-state index in [1.165, 1.54) is 0 Å². The van der Waals surface area contributed by atoms with Crippen molar-refractivity contribution < 1.29 is 5.21 Å². The highest BCUT2D eigenvalue weighted by Gasteiger charge is 2.09. The number of H-pyrrole nitrogens is 1. The Balaban J connectivity index is 2.14. The highest BCUT2D eigenvalue weighted by atomic mass is 32.1. The molecule has 0 unspecified atom stereocenters. The summed E-state index contributed by atoms with van der Waals surface area (Å²) in [5.74, 6) is 0. The fourth-order valence-corrected chi connectivity index (χ4v) is 2.75. The van der Waals surface area contributed by atoms with Crippen LogP contribution in [0.5, 0.6) is 0 Å². The molecule has 94 valence electrons. The molecule has 0 amide bonds. The average Bonchev–Trinajstić information content (AvgIpc) is 2.80. The first-order valence-electron chi connectivity index (χ1n) is 5.68. The summed E-state index contributed by atoms with van der Waals surface area (Å²) in [6.07, 6.45) is 0. The zero-order valence-corrected chi connectivity index (χ0v) is 10.6. The Morgan fingerprint density at radius 1 is 1.11 bits per heavy atom. The quantitative estimate of drug-likeness (QED) is 0.427. The SMILES string of the molecule is O=c1[nH]c2ccc(/C(=N/O)c3ccccc3)cc2s1. The van der Waals surface area contributed by atoms with Crippen molar-refractivity contribution in [3.63, 3.8) is 0 Å². The van der Waals surface area contributed by atoms with E-state index in [-0.39, 0.29) is 4.87 Å². The second kappa shape index (κ2) is 4.70. The molecule has 4 nitrogen and oxygen atoms in total. The highest BCUT2D eigenvalue weighted by Crippen LogP contribution is 2.19. The number of nitrogens with zero attached hydrogens (tertiary/aromatic N) is 1. The molecule has 1 heterocycles. The molecule has 0 aliphatic heterocycles. The lowest BCUT2D eigenvalue weighted by Gasteiger charge is -2.04. The van der Waals surface area contributed by atoms with Gasteiger partial charge in [-0.05, 0) is 12.1 Å². The zero-order valence-electron chi connectivity index (χ0n) is 9.83. The molecule has 0 spiro atoms. The molecule has 0 aliphatic carbocycles. The van der Waals surface area contributed by atoms with E-state index < -0.39 is 0 Å². The van der Waals surface area contributed by atoms with Crippen LogP contribution in [0.3, 0.4) is 0 Å². The Morgan fingerprint density at radius 2 is 1.89 bits per heavy atom. The summed E-state index contributed by atoms with van der Waals surface area (Å²) in [4.78, 5) is 13.9. The molecule has 0 saturated carbocycles. The molecule has 2 aromatic carbocycles. The van der Waals surface area contributed by atoms with Gasteiger partial charge in [0.1, 0.15) is 5.71 Å². The summed E-state index contributed by atoms with van der Waals surface area (Å²) in [7, 11) is 0. The number of hydrogen-bond acceptors (Lipinski definition) is 4. The maximum atomic E-state index is 11.3. The largest absolute Gasteiger partial charge is 0.410 e. The predicted molar refractivity (Wildman–Crippen MR) is 76.3 cm³/mol. The van der Waals surface area contributed by atoms with Crippen LogP contribution in [0.2, 0.25) is 0 Å². The van der Waals surface area contributed by atoms with Crippen molar-refractivity contribution in [1.29, 1.82) is 0 Å². The molecule has 3 aromatic rings. The normalized spacial score (nSPS) is 11.9. The minimum Gasteiger partial charge on any atom is -0.410 e. The van der Waals surface area contributed by atoms with E-state index in [4.69, 9.17) is 0 Å². The summed E-state index contributed by atoms with van der Waals surface area (Å²) in [5, 5.41) is 12.6. The number of aromatic amines is 1. The van der Waals surface area contributed by atoms with Gasteiger partial charge in [-0.2, -0.15) is 0 Å². The van der Waals surface area contributed by atoms with Gasteiger partial charge in [-0.25, -0.2) is 0 Å². The van der Waals surface area contributed by atoms with Gasteiger partial charge in [0, 0.05) is 11.1 Å². The van der Waals surface area contributed by atoms with Crippen molar-refractivity contribution in [2.75, 3.05) is 0 Å². The summed E-state index contributed by atoms with van der Waals surface area (Å²) in [6.45, 7) is 0. The highest BCUT2D eigenvalue weighted by molar-refractivity contribution is 7.16. The fraction of sp³-hybridized carbons (Fsp3) is 0. The summed E-state index contributed by atoms with van der Waals surface area (Å²) in [6, 6.07) is 14.9. The van der Waals surface area contributed by atoms with Crippen LogP contribution < -0.4 is 4.87 Å². The number of benzene rings is 2. The fourth-order valence-electron chi connectivity index (χ4n) is 1.97. The van der Waals surface area contributed by atoms with Crippen molar-refractivity contribution in [1.82, 2.24) is 4.98 Å². The number of thiazole rings is 1. The standard InChI is InChI=1S/C14H10N2O2S/c17-14-15-11-7-6-10(8-12(11)19-14)13(16-18)9-4-2-1-3-5-9/h1-8,18H,(H,15,17)/b16-13+. The van der Waals surface area contributed by atoms with E-state index in [0.29, 0.717) is 5.71 Å². The second-order valence-electron chi connectivity index (χ2n) is 4.04. The average molecular weight is 270 g/mol. The van der Waals surface area contributed by atoms with Gasteiger partial charge < -0.3 is 10.2 Å². The smallest absolute Gasteiger partial charge is 0.305 e. The molecule has 0 aliphatic rings. The summed E-state index contributed by atoms with van der Waals surface area (Å²) >= 11 is 1.14. The van der Waals surface area contributed by atoms with Crippen LogP contribution >= 0.6 is 11.3 Å². The van der Waals surface area contributed by atoms with E-state index >= 15 is 0 Å². The zero-order chi connectivity index (χ0) is 13.2. The first-order chi connectivity index (χ1) is 9.28. The third kappa shape index (κ3) is 2.15. The Hall–Kier alpha value is -2.40. The van der Waals surface area contributed by atoms with Crippen molar-refractivity contribution in [3.05, 3.63) is 69.3 Å². The molecule has 0 atom stereocenters. The minimum absolute atomic E-state index is 0.0886. The third-order valence-corrected chi connectivity index (χ3v) is 3.69. The molecule has 0 saturated heterocycles. The maximum Gasteiger partial charge on any atom is 0.305 e. The lowest BCUT2D eigenvalue weighted by Crippen LogP contribution is -2.02. The molecular weight excluding hydrogens is 260 g/mol. The Kier molecular flexibility index (Phi) is 2.89. The number of fused-ring (bicyclic) bond motifs is 1. The molecule has 0 bridgehead atoms. The van der Waals surface area contributed by atoms with Gasteiger partial charge in [0.15, 0.2) is 0 Å². The van der Waals surface area contributed by atoms with Crippen LogP contribution in [0.4, 0.5) is 0 Å². The van der Waals surface area contributed by atoms with Crippen molar-refractivity contribution in [2.45, 2.75) is 0 Å². The van der Waals surface area contributed by atoms with Gasteiger partial charge in [0.25, 0.3) is 0 Å². The molecular formula is C14H10N2O2S. The van der Waals surface area contributed by atoms with Gasteiger partial charge in [0.05, 0.1) is 10.2 Å². The second-order valence-corrected chi connectivity index (χ2v) is 5.05. The van der Waals surface area contributed by atoms with E-state index in [9.17, 15) is 10.0 Å². The lowest BCUT2D eigenvalue weighted by atomic mass is 10.0. The molecule has 1 aromatic heterocycles. The predicted octanol–water partition coefficient (Wildman–Crippen LogP) is 2.82. The van der Waals surface area contributed by atoms with Gasteiger partial charge in [0.2, 0.25) is 0 Å². The van der Waals surface area contributed by atoms with Crippen molar-refractivity contribution in [2.24, 2.45) is 5.16 Å². The molecule has 3 rings (SSSR count). The minimum atomic E-state index is -0.0886. The van der Waals surface area contributed by atoms with Crippen LogP contribution in [-0.4, -0.2) is 15.9 Å². The van der Waals surface area contributed by atoms with E-state index in [0.717, 1.165) is 32.7 Å². The first kappa shape index (κ1) is 11.7. The summed E-state index contributed by atoms with van der Waals surface area (Å²) in [5.41, 5.74) is 2.89. The van der Waals surface area contributed by atoms with Gasteiger partial charge in [-0.1, -0.05) is 52.9 Å². The molecule has 0 fully saturated rings. The topological polar surface area (TPSA) is 65.5 Å². The van der Waals surface area contributed by atoms with Crippen LogP contribution in [0.25, 0.3) is 10.2 Å². The van der Waals surface area contributed by atoms with E-state index in [2.05, 4.69) is 10.1 Å². The van der Waals surface area contributed by atoms with Gasteiger partial charge >= 0.3 is 4.87 Å². The lowest BCUT2D eigenvalue weighted by molar-refractivity contribution is 0.319. The van der Waals surface area contributed by atoms with Crippen LogP contribution in [0.1, 0.15) is 11.1 Å². The first-order valence-corrected chi connectivity index (χ1v) is 6.50. The molecule has 19 heavy (non-hydrogen) atoms. The molecule has 0 radical (unpaired) electrons. The summed E-state index contributed by atoms with van der Waals surface area (Å²) < 4.78 is 0.847. The monoisotopic (exact) mass is 270 g/mol. The van der Waals surface area contributed by atoms with Crippen molar-refractivity contribution in [3.8, 4) is 0 Å². The van der Waals surface area contributed by atoms with Crippen LogP contribution in [-0.2, 0) is 0 Å². The van der Waals surface area contributed by atoms with Crippen LogP contribution in [0, 0.1) is 0 Å². The van der Waals surface area contributed by atoms with Crippen LogP contribution in [0.15, 0.2) is 58.5 Å². The number of oxime groups is 1. The number of aromatic nitrogens is 1. The van der Waals surface area contributed by atoms with E-state index in [1.54, 1.807) is 0 Å². The number of nitrogens with one attached hydrogen (secondary N) is 1. The van der Waals surface area contributed by atoms with Gasteiger partial charge in [-0.15, -0.1) is 0 Å². The number of hydrogen-bond donors (Lipinski definition) is 2. The van der Waals surface area contributed by atoms with Crippen molar-refractivity contribution >= 4 is 27.3 Å². The Labute approximate surface area is 112 Å². The molecule has 2 N–H and O–H groups in total. The van der Waals surface area contributed by atoms with E-state index in [1.807, 2.05) is 48.5 Å². The Morgan fingerprint density at radius 3 is 2.63 bits per heavy atom. The van der Waals surface area contributed by atoms with Gasteiger partial charge in [-0.3, -0.25) is 4.79 Å². The Bertz CT molecular complexity index is 803.